The van der Waals surface area contributed by atoms with Gasteiger partial charge in [0.25, 0.3) is 0 Å². The second kappa shape index (κ2) is 8.95. The zero-order valence-electron chi connectivity index (χ0n) is 16.1. The summed E-state index contributed by atoms with van der Waals surface area (Å²) < 4.78 is 24.2. The molecule has 2 aliphatic rings. The number of hydrogen-bond donors (Lipinski definition) is 1. The van der Waals surface area contributed by atoms with E-state index in [9.17, 15) is 5.11 Å². The van der Waals surface area contributed by atoms with E-state index in [1.807, 2.05) is 48.7 Å². The van der Waals surface area contributed by atoms with Gasteiger partial charge in [0, 0.05) is 5.56 Å². The minimum atomic E-state index is -0.795. The number of aliphatic hydroxyl groups excluding tert-OH is 1. The van der Waals surface area contributed by atoms with Gasteiger partial charge in [-0.2, -0.15) is 0 Å². The summed E-state index contributed by atoms with van der Waals surface area (Å²) in [4.78, 5) is 0. The second-order valence-corrected chi connectivity index (χ2v) is 8.14. The molecule has 2 aromatic rings. The predicted octanol–water partition coefficient (Wildman–Crippen LogP) is 3.44. The van der Waals surface area contributed by atoms with E-state index in [4.69, 9.17) is 18.9 Å². The number of ether oxygens (including phenoxy) is 4. The Labute approximate surface area is 169 Å². The van der Waals surface area contributed by atoms with Gasteiger partial charge in [-0.1, -0.05) is 60.2 Å². The topological polar surface area (TPSA) is 57.2 Å². The van der Waals surface area contributed by atoms with E-state index in [2.05, 4.69) is 19.1 Å². The Bertz CT molecular complexity index is 753. The van der Waals surface area contributed by atoms with Gasteiger partial charge in [-0.05, 0) is 18.7 Å². The number of hydrogen-bond acceptors (Lipinski definition) is 6. The molecule has 6 atom stereocenters. The fraction of sp³-hybridized carbons (Fsp3) is 0.455. The largest absolute Gasteiger partial charge is 0.387 e. The number of aryl methyl sites for hydroxylation is 1. The van der Waals surface area contributed by atoms with Crippen LogP contribution < -0.4 is 0 Å². The van der Waals surface area contributed by atoms with Crippen LogP contribution in [0.15, 0.2) is 54.6 Å². The van der Waals surface area contributed by atoms with Crippen molar-refractivity contribution in [2.45, 2.75) is 49.7 Å². The van der Waals surface area contributed by atoms with Gasteiger partial charge in [0.15, 0.2) is 6.29 Å². The molecule has 2 aliphatic heterocycles. The molecule has 3 unspecified atom stereocenters. The maximum atomic E-state index is 11.1. The summed E-state index contributed by atoms with van der Waals surface area (Å²) in [6.45, 7) is 2.85. The lowest BCUT2D eigenvalue weighted by molar-refractivity contribution is -0.322. The summed E-state index contributed by atoms with van der Waals surface area (Å²) in [7, 11) is 0. The molecule has 2 heterocycles. The summed E-state index contributed by atoms with van der Waals surface area (Å²) in [6.07, 6.45) is -0.637. The van der Waals surface area contributed by atoms with Crippen LogP contribution in [0.25, 0.3) is 0 Å². The van der Waals surface area contributed by atoms with Crippen LogP contribution in [0.4, 0.5) is 0 Å². The minimum Gasteiger partial charge on any atom is -0.387 e. The lowest BCUT2D eigenvalue weighted by atomic mass is 9.98. The van der Waals surface area contributed by atoms with Gasteiger partial charge in [-0.3, -0.25) is 0 Å². The number of rotatable bonds is 5. The van der Waals surface area contributed by atoms with Crippen molar-refractivity contribution in [3.63, 3.8) is 0 Å². The fourth-order valence-corrected chi connectivity index (χ4v) is 4.35. The van der Waals surface area contributed by atoms with Gasteiger partial charge in [0.1, 0.15) is 29.9 Å². The van der Waals surface area contributed by atoms with E-state index in [0.717, 1.165) is 11.1 Å². The predicted molar refractivity (Wildman–Crippen MR) is 108 cm³/mol. The fourth-order valence-electron chi connectivity index (χ4n) is 3.59. The van der Waals surface area contributed by atoms with Crippen molar-refractivity contribution in [3.8, 4) is 0 Å². The summed E-state index contributed by atoms with van der Waals surface area (Å²) >= 11 is 1.53. The van der Waals surface area contributed by atoms with Gasteiger partial charge < -0.3 is 24.1 Å². The van der Waals surface area contributed by atoms with Crippen molar-refractivity contribution < 1.29 is 24.1 Å². The average Bonchev–Trinajstić information content (AvgIpc) is 2.74. The standard InChI is InChI=1S/C22H26O5S/c1-14-8-10-15(11-9-14)12-24-20-18(23)19-17(26-22(20)28-2)13-25-21(27-19)16-6-4-3-5-7-16/h3-11,17-23H,12-13H2,1-2H3/t17?,18-,19+,20?,21?,22+/m0/s1. The Morgan fingerprint density at radius 2 is 1.82 bits per heavy atom. The lowest BCUT2D eigenvalue weighted by Crippen LogP contribution is -2.61. The van der Waals surface area contributed by atoms with Gasteiger partial charge in [-0.15, -0.1) is 11.8 Å². The van der Waals surface area contributed by atoms with Crippen LogP contribution in [-0.4, -0.2) is 47.8 Å². The summed E-state index contributed by atoms with van der Waals surface area (Å²) in [5.74, 6) is 0. The maximum Gasteiger partial charge on any atom is 0.184 e. The van der Waals surface area contributed by atoms with Crippen LogP contribution in [0.3, 0.4) is 0 Å². The van der Waals surface area contributed by atoms with Crippen LogP contribution in [0.5, 0.6) is 0 Å². The monoisotopic (exact) mass is 402 g/mol. The zero-order valence-corrected chi connectivity index (χ0v) is 16.9. The summed E-state index contributed by atoms with van der Waals surface area (Å²) in [5, 5.41) is 11.1. The molecule has 2 saturated heterocycles. The second-order valence-electron chi connectivity index (χ2n) is 7.21. The van der Waals surface area contributed by atoms with E-state index in [1.54, 1.807) is 0 Å². The molecule has 0 amide bonds. The molecule has 0 bridgehead atoms. The molecular formula is C22H26O5S. The molecule has 6 heteroatoms. The summed E-state index contributed by atoms with van der Waals surface area (Å²) in [5.41, 5.74) is 2.92. The first-order valence-corrected chi connectivity index (χ1v) is 10.8. The molecule has 5 nitrogen and oxygen atoms in total. The highest BCUT2D eigenvalue weighted by atomic mass is 32.2. The molecule has 0 saturated carbocycles. The molecule has 0 radical (unpaired) electrons. The minimum absolute atomic E-state index is 0.276. The van der Waals surface area contributed by atoms with E-state index in [-0.39, 0.29) is 11.5 Å². The SMILES string of the molecule is CS[C@H]1OC2COC(c3ccccc3)O[C@H]2[C@H](O)C1OCc1ccc(C)cc1. The van der Waals surface area contributed by atoms with Crippen molar-refractivity contribution in [2.75, 3.05) is 12.9 Å². The molecule has 2 fully saturated rings. The van der Waals surface area contributed by atoms with E-state index < -0.39 is 24.6 Å². The zero-order chi connectivity index (χ0) is 19.5. The van der Waals surface area contributed by atoms with Crippen LogP contribution in [0.2, 0.25) is 0 Å². The maximum absolute atomic E-state index is 11.1. The molecule has 0 spiro atoms. The first-order chi connectivity index (χ1) is 13.7. The van der Waals surface area contributed by atoms with Gasteiger partial charge in [0.2, 0.25) is 0 Å². The molecule has 2 aromatic carbocycles. The third-order valence-corrected chi connectivity index (χ3v) is 6.02. The van der Waals surface area contributed by atoms with Gasteiger partial charge >= 0.3 is 0 Å². The quantitative estimate of drug-likeness (QED) is 0.827. The summed E-state index contributed by atoms with van der Waals surface area (Å²) in [6, 6.07) is 17.9. The highest BCUT2D eigenvalue weighted by molar-refractivity contribution is 7.99. The van der Waals surface area contributed by atoms with E-state index in [0.29, 0.717) is 13.2 Å². The Hall–Kier alpha value is -1.41. The Balaban J connectivity index is 1.45. The lowest BCUT2D eigenvalue weighted by Gasteiger charge is -2.47. The average molecular weight is 403 g/mol. The van der Waals surface area contributed by atoms with Gasteiger partial charge in [0.05, 0.1) is 13.2 Å². The van der Waals surface area contributed by atoms with Crippen molar-refractivity contribution in [3.05, 3.63) is 71.3 Å². The molecule has 28 heavy (non-hydrogen) atoms. The smallest absolute Gasteiger partial charge is 0.184 e. The molecular weight excluding hydrogens is 376 g/mol. The van der Waals surface area contributed by atoms with Crippen molar-refractivity contribution in [1.82, 2.24) is 0 Å². The van der Waals surface area contributed by atoms with Crippen molar-refractivity contribution in [2.24, 2.45) is 0 Å². The third-order valence-electron chi connectivity index (χ3n) is 5.18. The first kappa shape index (κ1) is 19.9. The number of aliphatic hydroxyl groups is 1. The number of thioether (sulfide) groups is 1. The van der Waals surface area contributed by atoms with Crippen LogP contribution in [0, 0.1) is 6.92 Å². The number of benzene rings is 2. The van der Waals surface area contributed by atoms with Gasteiger partial charge in [-0.25, -0.2) is 0 Å². The highest BCUT2D eigenvalue weighted by Gasteiger charge is 2.49. The third kappa shape index (κ3) is 4.27. The molecule has 150 valence electrons. The van der Waals surface area contributed by atoms with Crippen molar-refractivity contribution >= 4 is 11.8 Å². The first-order valence-electron chi connectivity index (χ1n) is 9.51. The van der Waals surface area contributed by atoms with E-state index >= 15 is 0 Å². The van der Waals surface area contributed by atoms with Crippen molar-refractivity contribution in [1.29, 1.82) is 0 Å². The Kier molecular flexibility index (Phi) is 6.35. The van der Waals surface area contributed by atoms with Crippen LogP contribution >= 0.6 is 11.8 Å². The molecule has 0 aliphatic carbocycles. The molecule has 0 aromatic heterocycles. The molecule has 1 N–H and O–H groups in total. The van der Waals surface area contributed by atoms with Crippen LogP contribution in [0.1, 0.15) is 23.0 Å². The number of fused-ring (bicyclic) bond motifs is 1. The Morgan fingerprint density at radius 1 is 1.07 bits per heavy atom. The normalized spacial score (nSPS) is 32.7. The van der Waals surface area contributed by atoms with Crippen LogP contribution in [-0.2, 0) is 25.6 Å². The highest BCUT2D eigenvalue weighted by Crippen LogP contribution is 2.37. The van der Waals surface area contributed by atoms with E-state index in [1.165, 1.54) is 17.3 Å². The molecule has 4 rings (SSSR count). The Morgan fingerprint density at radius 3 is 2.54 bits per heavy atom.